The van der Waals surface area contributed by atoms with Gasteiger partial charge in [-0.2, -0.15) is 0 Å². The van der Waals surface area contributed by atoms with Gasteiger partial charge in [-0.3, -0.25) is 38.8 Å². The first-order chi connectivity index (χ1) is 18.5. The number of urea groups is 2. The summed E-state index contributed by atoms with van der Waals surface area (Å²) in [6.07, 6.45) is 9.30. The third-order valence-electron chi connectivity index (χ3n) is 6.90. The summed E-state index contributed by atoms with van der Waals surface area (Å²) in [6.45, 7) is 1.33. The highest BCUT2D eigenvalue weighted by Crippen LogP contribution is 2.20. The van der Waals surface area contributed by atoms with E-state index < -0.39 is 35.7 Å². The van der Waals surface area contributed by atoms with Crippen LogP contribution >= 0.6 is 0 Å². The molecule has 0 unspecified atom stereocenters. The van der Waals surface area contributed by atoms with Gasteiger partial charge in [0.2, 0.25) is 0 Å². The lowest BCUT2D eigenvalue weighted by atomic mass is 10.1. The molecule has 0 atom stereocenters. The van der Waals surface area contributed by atoms with Crippen LogP contribution in [-0.2, 0) is 32.3 Å². The summed E-state index contributed by atoms with van der Waals surface area (Å²) in [5, 5.41) is 0. The fourth-order valence-electron chi connectivity index (χ4n) is 4.51. The van der Waals surface area contributed by atoms with Crippen molar-refractivity contribution in [1.29, 1.82) is 0 Å². The molecule has 2 aliphatic heterocycles. The van der Waals surface area contributed by atoms with Gasteiger partial charge in [0.15, 0.2) is 0 Å². The Morgan fingerprint density at radius 3 is 1.21 bits per heavy atom. The van der Waals surface area contributed by atoms with E-state index in [1.807, 2.05) is 33.7 Å². The average molecular weight is 535 g/mol. The van der Waals surface area contributed by atoms with Crippen LogP contribution in [0.1, 0.15) is 30.7 Å². The molecule has 12 nitrogen and oxygen atoms in total. The molecular weight excluding hydrogens is 504 g/mol. The maximum absolute atomic E-state index is 12.5. The maximum Gasteiger partial charge on any atom is 0.333 e. The third-order valence-corrected chi connectivity index (χ3v) is 6.90. The molecule has 8 amide bonds. The number of carbonyl (C=O) groups excluding carboxylic acids is 6. The van der Waals surface area contributed by atoms with Gasteiger partial charge in [-0.15, -0.1) is 0 Å². The normalized spacial score (nSPS) is 16.7. The van der Waals surface area contributed by atoms with Crippen LogP contribution in [0.3, 0.4) is 0 Å². The van der Waals surface area contributed by atoms with Crippen molar-refractivity contribution in [2.24, 2.45) is 0 Å². The zero-order valence-electron chi connectivity index (χ0n) is 22.3. The maximum atomic E-state index is 12.5. The van der Waals surface area contributed by atoms with Gasteiger partial charge >= 0.3 is 12.1 Å². The molecule has 4 heterocycles. The first kappa shape index (κ1) is 27.3. The second-order valence-corrected chi connectivity index (χ2v) is 9.45. The number of hydrogen-bond donors (Lipinski definition) is 0. The van der Waals surface area contributed by atoms with Crippen molar-refractivity contribution in [3.8, 4) is 0 Å². The number of imide groups is 4. The first-order valence-corrected chi connectivity index (χ1v) is 12.5. The van der Waals surface area contributed by atoms with E-state index in [-0.39, 0.29) is 11.1 Å². The Morgan fingerprint density at radius 1 is 0.538 bits per heavy atom. The van der Waals surface area contributed by atoms with Gasteiger partial charge in [-0.1, -0.05) is 0 Å². The topological polar surface area (TPSA) is 125 Å². The largest absolute Gasteiger partial charge is 0.348 e. The summed E-state index contributed by atoms with van der Waals surface area (Å²) in [7, 11) is 5.37. The molecule has 0 aliphatic carbocycles. The van der Waals surface area contributed by atoms with E-state index in [0.717, 1.165) is 38.9 Å². The van der Waals surface area contributed by atoms with Crippen LogP contribution in [-0.4, -0.2) is 92.6 Å². The van der Waals surface area contributed by atoms with E-state index in [4.69, 9.17) is 0 Å². The molecule has 0 spiro atoms. The Balaban J connectivity index is 1.35. The molecule has 0 N–H and O–H groups in total. The highest BCUT2D eigenvalue weighted by atomic mass is 16.2. The lowest BCUT2D eigenvalue weighted by molar-refractivity contribution is -0.135. The monoisotopic (exact) mass is 534 g/mol. The summed E-state index contributed by atoms with van der Waals surface area (Å²) in [5.41, 5.74) is 1.26. The van der Waals surface area contributed by atoms with E-state index >= 15 is 0 Å². The number of rotatable bonds is 8. The smallest absolute Gasteiger partial charge is 0.333 e. The molecule has 2 fully saturated rings. The van der Waals surface area contributed by atoms with Crippen molar-refractivity contribution in [3.05, 3.63) is 59.2 Å². The number of aryl methyl sites for hydroxylation is 2. The van der Waals surface area contributed by atoms with Gasteiger partial charge < -0.3 is 9.13 Å². The zero-order chi connectivity index (χ0) is 28.4. The average Bonchev–Trinajstić information content (AvgIpc) is 3.57. The van der Waals surface area contributed by atoms with Crippen molar-refractivity contribution < 1.29 is 28.8 Å². The molecule has 2 aromatic heterocycles. The number of carbonyl (C=O) groups is 6. The minimum absolute atomic E-state index is 0.0644. The zero-order valence-corrected chi connectivity index (χ0v) is 22.3. The number of barbiturate groups is 2. The third kappa shape index (κ3) is 5.17. The Morgan fingerprint density at radius 2 is 0.872 bits per heavy atom. The summed E-state index contributed by atoms with van der Waals surface area (Å²) in [6, 6.07) is 5.95. The minimum atomic E-state index is -0.661. The number of aromatic nitrogens is 2. The molecular formula is C27H30N6O6. The van der Waals surface area contributed by atoms with E-state index in [0.29, 0.717) is 24.5 Å². The van der Waals surface area contributed by atoms with Gasteiger partial charge in [0.1, 0.15) is 11.1 Å². The van der Waals surface area contributed by atoms with Crippen LogP contribution in [0.15, 0.2) is 47.8 Å². The van der Waals surface area contributed by atoms with Crippen molar-refractivity contribution in [1.82, 2.24) is 28.7 Å². The van der Waals surface area contributed by atoms with Crippen molar-refractivity contribution in [2.45, 2.75) is 32.4 Å². The molecule has 4 rings (SSSR count). The van der Waals surface area contributed by atoms with Gasteiger partial charge in [0.05, 0.1) is 0 Å². The molecule has 0 saturated carbocycles. The number of likely N-dealkylation sites (N-methyl/N-ethyl adjacent to an activating group) is 4. The minimum Gasteiger partial charge on any atom is -0.348 e. The van der Waals surface area contributed by atoms with Gasteiger partial charge in [0, 0.05) is 65.1 Å². The van der Waals surface area contributed by atoms with Crippen LogP contribution in [0.2, 0.25) is 0 Å². The summed E-state index contributed by atoms with van der Waals surface area (Å²) in [4.78, 5) is 77.6. The fourth-order valence-corrected chi connectivity index (χ4v) is 4.51. The van der Waals surface area contributed by atoms with Crippen molar-refractivity contribution >= 4 is 47.8 Å². The van der Waals surface area contributed by atoms with E-state index in [2.05, 4.69) is 0 Å². The predicted molar refractivity (Wildman–Crippen MR) is 141 cm³/mol. The van der Waals surface area contributed by atoms with Gasteiger partial charge in [0.25, 0.3) is 23.6 Å². The van der Waals surface area contributed by atoms with Crippen LogP contribution in [0.4, 0.5) is 9.59 Å². The highest BCUT2D eigenvalue weighted by Gasteiger charge is 2.39. The Hall–Kier alpha value is -4.74. The second kappa shape index (κ2) is 10.9. The second-order valence-electron chi connectivity index (χ2n) is 9.45. The SMILES string of the molecule is CN1C(=O)C(=Cc2cccn2CCCCCn2cccc2C=C2C(=O)N(C)C(=O)N(C)C2=O)C(=O)N(C)C1=O. The lowest BCUT2D eigenvalue weighted by Gasteiger charge is -2.28. The molecule has 204 valence electrons. The summed E-state index contributed by atoms with van der Waals surface area (Å²) < 4.78 is 3.90. The van der Waals surface area contributed by atoms with Gasteiger partial charge in [-0.25, -0.2) is 9.59 Å². The molecule has 0 radical (unpaired) electrons. The first-order valence-electron chi connectivity index (χ1n) is 12.5. The molecule has 2 aliphatic rings. The van der Waals surface area contributed by atoms with Crippen molar-refractivity contribution in [3.63, 3.8) is 0 Å². The molecule has 39 heavy (non-hydrogen) atoms. The Kier molecular flexibility index (Phi) is 7.65. The van der Waals surface area contributed by atoms with E-state index in [1.54, 1.807) is 12.1 Å². The van der Waals surface area contributed by atoms with Crippen molar-refractivity contribution in [2.75, 3.05) is 28.2 Å². The van der Waals surface area contributed by atoms with Gasteiger partial charge in [-0.05, 0) is 55.7 Å². The summed E-state index contributed by atoms with van der Waals surface area (Å²) >= 11 is 0. The fraction of sp³-hybridized carbons (Fsp3) is 0.333. The molecule has 0 bridgehead atoms. The number of unbranched alkanes of at least 4 members (excludes halogenated alkanes) is 2. The number of amides is 8. The summed E-state index contributed by atoms with van der Waals surface area (Å²) in [5.74, 6) is -2.52. The van der Waals surface area contributed by atoms with E-state index in [1.165, 1.54) is 40.3 Å². The Bertz CT molecular complexity index is 1270. The molecule has 2 aromatic rings. The van der Waals surface area contributed by atoms with Crippen LogP contribution in [0, 0.1) is 0 Å². The molecule has 12 heteroatoms. The van der Waals surface area contributed by atoms with Crippen LogP contribution < -0.4 is 0 Å². The number of nitrogens with zero attached hydrogens (tertiary/aromatic N) is 6. The van der Waals surface area contributed by atoms with Crippen LogP contribution in [0.25, 0.3) is 12.2 Å². The highest BCUT2D eigenvalue weighted by molar-refractivity contribution is 6.31. The van der Waals surface area contributed by atoms with Crippen LogP contribution in [0.5, 0.6) is 0 Å². The number of hydrogen-bond acceptors (Lipinski definition) is 6. The molecule has 0 aromatic carbocycles. The quantitative estimate of drug-likeness (QED) is 0.290. The standard InChI is InChI=1S/C27H30N6O6/c1-28-22(34)20(23(35)29(2)26(28)38)16-18-10-8-14-32(18)12-6-5-7-13-33-15-9-11-19(33)17-21-24(36)30(3)27(39)31(4)25(21)37/h8-11,14-17H,5-7,12-13H2,1-4H3. The molecule has 2 saturated heterocycles. The predicted octanol–water partition coefficient (Wildman–Crippen LogP) is 2.03. The van der Waals surface area contributed by atoms with E-state index in [9.17, 15) is 28.8 Å². The lowest BCUT2D eigenvalue weighted by Crippen LogP contribution is -2.52. The Labute approximate surface area is 225 Å².